The van der Waals surface area contributed by atoms with Gasteiger partial charge in [-0.25, -0.2) is 0 Å². The number of anilines is 1. The zero-order chi connectivity index (χ0) is 12.7. The molecule has 1 amide bonds. The minimum atomic E-state index is -0.823. The fourth-order valence-corrected chi connectivity index (χ4v) is 1.30. The van der Waals surface area contributed by atoms with Crippen molar-refractivity contribution < 1.29 is 14.7 Å². The number of carbonyl (C=O) groups is 2. The van der Waals surface area contributed by atoms with Crippen LogP contribution in [0.5, 0.6) is 0 Å². The molecule has 0 aliphatic carbocycles. The van der Waals surface area contributed by atoms with Crippen LogP contribution in [0.2, 0.25) is 0 Å². The first-order valence-electron chi connectivity index (χ1n) is 5.16. The summed E-state index contributed by atoms with van der Waals surface area (Å²) in [7, 11) is 0. The number of hydrogen-bond acceptors (Lipinski definition) is 2. The van der Waals surface area contributed by atoms with Crippen LogP contribution in [0.1, 0.15) is 18.4 Å². The van der Waals surface area contributed by atoms with Gasteiger partial charge in [-0.15, -0.1) is 6.42 Å². The third kappa shape index (κ3) is 4.85. The molecule has 1 aromatic carbocycles. The van der Waals surface area contributed by atoms with Gasteiger partial charge in [-0.1, -0.05) is 18.1 Å². The number of carbonyl (C=O) groups excluding carboxylic acids is 1. The molecule has 0 radical (unpaired) electrons. The van der Waals surface area contributed by atoms with Crippen molar-refractivity contribution in [1.82, 2.24) is 0 Å². The molecular weight excluding hydrogens is 218 g/mol. The fraction of sp³-hybridized carbons (Fsp3) is 0.231. The van der Waals surface area contributed by atoms with Crippen LogP contribution in [0.4, 0.5) is 5.69 Å². The molecule has 0 spiro atoms. The third-order valence-corrected chi connectivity index (χ3v) is 2.13. The molecule has 4 heteroatoms. The van der Waals surface area contributed by atoms with E-state index in [1.54, 1.807) is 24.3 Å². The van der Waals surface area contributed by atoms with Gasteiger partial charge in [0.05, 0.1) is 6.42 Å². The van der Waals surface area contributed by atoms with Crippen LogP contribution in [0.25, 0.3) is 0 Å². The van der Waals surface area contributed by atoms with Gasteiger partial charge in [0, 0.05) is 12.1 Å². The molecule has 0 heterocycles. The second-order valence-corrected chi connectivity index (χ2v) is 3.52. The summed E-state index contributed by atoms with van der Waals surface area (Å²) in [5, 5.41) is 11.2. The Balaban J connectivity index is 2.53. The number of hydrogen-bond donors (Lipinski definition) is 2. The van der Waals surface area contributed by atoms with Crippen LogP contribution in [0, 0.1) is 12.3 Å². The van der Waals surface area contributed by atoms with Crippen LogP contribution in [-0.4, -0.2) is 17.0 Å². The summed E-state index contributed by atoms with van der Waals surface area (Å²) in [6.07, 6.45) is 5.63. The van der Waals surface area contributed by atoms with Crippen molar-refractivity contribution >= 4 is 17.6 Å². The molecule has 0 aromatic heterocycles. The maximum Gasteiger partial charge on any atom is 0.303 e. The molecule has 0 bridgehead atoms. The van der Waals surface area contributed by atoms with Crippen molar-refractivity contribution in [2.45, 2.75) is 19.3 Å². The second kappa shape index (κ2) is 6.33. The predicted octanol–water partition coefficient (Wildman–Crippen LogP) is 1.67. The van der Waals surface area contributed by atoms with E-state index in [-0.39, 0.29) is 18.7 Å². The van der Waals surface area contributed by atoms with E-state index in [1.165, 1.54) is 0 Å². The lowest BCUT2D eigenvalue weighted by molar-refractivity contribution is -0.137. The highest BCUT2D eigenvalue weighted by Crippen LogP contribution is 2.11. The van der Waals surface area contributed by atoms with Crippen molar-refractivity contribution in [1.29, 1.82) is 0 Å². The van der Waals surface area contributed by atoms with E-state index in [4.69, 9.17) is 11.5 Å². The fourth-order valence-electron chi connectivity index (χ4n) is 1.30. The number of aryl methyl sites for hydroxylation is 1. The molecule has 17 heavy (non-hydrogen) atoms. The molecule has 0 fully saturated rings. The Labute approximate surface area is 99.7 Å². The highest BCUT2D eigenvalue weighted by atomic mass is 16.4. The van der Waals surface area contributed by atoms with E-state index < -0.39 is 5.97 Å². The quantitative estimate of drug-likeness (QED) is 0.757. The number of carboxylic acids is 1. The van der Waals surface area contributed by atoms with E-state index in [0.717, 1.165) is 5.56 Å². The van der Waals surface area contributed by atoms with Crippen LogP contribution in [0.15, 0.2) is 24.3 Å². The molecule has 1 aromatic rings. The standard InChI is InChI=1S/C13H13NO3/c1-2-3-12(15)14-11-7-4-10(5-8-11)6-9-13(16)17/h1,4-5,7-8H,3,6,9H2,(H,14,15)(H,16,17). The molecule has 88 valence electrons. The van der Waals surface area contributed by atoms with Gasteiger partial charge in [-0.3, -0.25) is 9.59 Å². The number of nitrogens with one attached hydrogen (secondary N) is 1. The lowest BCUT2D eigenvalue weighted by Gasteiger charge is -2.04. The average molecular weight is 231 g/mol. The van der Waals surface area contributed by atoms with E-state index in [0.29, 0.717) is 12.1 Å². The highest BCUT2D eigenvalue weighted by molar-refractivity contribution is 5.92. The molecule has 0 unspecified atom stereocenters. The molecule has 0 saturated carbocycles. The van der Waals surface area contributed by atoms with Crippen molar-refractivity contribution in [3.8, 4) is 12.3 Å². The Bertz CT molecular complexity index is 443. The van der Waals surface area contributed by atoms with E-state index in [9.17, 15) is 9.59 Å². The Morgan fingerprint density at radius 2 is 1.94 bits per heavy atom. The Morgan fingerprint density at radius 3 is 2.47 bits per heavy atom. The SMILES string of the molecule is C#CCC(=O)Nc1ccc(CCC(=O)O)cc1. The zero-order valence-corrected chi connectivity index (χ0v) is 9.27. The first kappa shape index (κ1) is 12.8. The first-order valence-corrected chi connectivity index (χ1v) is 5.16. The van der Waals surface area contributed by atoms with Crippen LogP contribution < -0.4 is 5.32 Å². The van der Waals surface area contributed by atoms with Crippen LogP contribution in [0.3, 0.4) is 0 Å². The summed E-state index contributed by atoms with van der Waals surface area (Å²) in [5.41, 5.74) is 1.58. The Hall–Kier alpha value is -2.28. The molecule has 0 aliphatic rings. The highest BCUT2D eigenvalue weighted by Gasteiger charge is 2.01. The zero-order valence-electron chi connectivity index (χ0n) is 9.27. The predicted molar refractivity (Wildman–Crippen MR) is 64.5 cm³/mol. The van der Waals surface area contributed by atoms with Gasteiger partial charge in [0.25, 0.3) is 0 Å². The van der Waals surface area contributed by atoms with E-state index in [2.05, 4.69) is 11.2 Å². The number of terminal acetylenes is 1. The monoisotopic (exact) mass is 231 g/mol. The summed E-state index contributed by atoms with van der Waals surface area (Å²) in [6.45, 7) is 0. The van der Waals surface area contributed by atoms with Crippen LogP contribution in [-0.2, 0) is 16.0 Å². The summed E-state index contributed by atoms with van der Waals surface area (Å²) in [6, 6.07) is 7.03. The Morgan fingerprint density at radius 1 is 1.29 bits per heavy atom. The molecule has 0 atom stereocenters. The molecular formula is C13H13NO3. The van der Waals surface area contributed by atoms with Crippen molar-refractivity contribution in [3.63, 3.8) is 0 Å². The second-order valence-electron chi connectivity index (χ2n) is 3.52. The molecule has 4 nitrogen and oxygen atoms in total. The first-order chi connectivity index (χ1) is 8.11. The maximum absolute atomic E-state index is 11.2. The lowest BCUT2D eigenvalue weighted by atomic mass is 10.1. The summed E-state index contributed by atoms with van der Waals surface area (Å²) in [4.78, 5) is 21.6. The summed E-state index contributed by atoms with van der Waals surface area (Å²) in [5.74, 6) is 1.20. The summed E-state index contributed by atoms with van der Waals surface area (Å²) >= 11 is 0. The number of amides is 1. The van der Waals surface area contributed by atoms with Gasteiger partial charge >= 0.3 is 5.97 Å². The molecule has 2 N–H and O–H groups in total. The lowest BCUT2D eigenvalue weighted by Crippen LogP contribution is -2.09. The van der Waals surface area contributed by atoms with E-state index >= 15 is 0 Å². The van der Waals surface area contributed by atoms with Gasteiger partial charge in [0.2, 0.25) is 5.91 Å². The number of benzene rings is 1. The van der Waals surface area contributed by atoms with Crippen molar-refractivity contribution in [2.24, 2.45) is 0 Å². The Kier molecular flexibility index (Phi) is 4.77. The molecule has 1 rings (SSSR count). The number of aliphatic carboxylic acids is 1. The maximum atomic E-state index is 11.2. The largest absolute Gasteiger partial charge is 0.481 e. The minimum Gasteiger partial charge on any atom is -0.481 e. The third-order valence-electron chi connectivity index (χ3n) is 2.13. The minimum absolute atomic E-state index is 0.0424. The van der Waals surface area contributed by atoms with Gasteiger partial charge in [-0.2, -0.15) is 0 Å². The summed E-state index contributed by atoms with van der Waals surface area (Å²) < 4.78 is 0. The van der Waals surface area contributed by atoms with Crippen molar-refractivity contribution in [3.05, 3.63) is 29.8 Å². The van der Waals surface area contributed by atoms with Gasteiger partial charge < -0.3 is 10.4 Å². The average Bonchev–Trinajstić information content (AvgIpc) is 2.28. The van der Waals surface area contributed by atoms with Gasteiger partial charge in [0.1, 0.15) is 0 Å². The van der Waals surface area contributed by atoms with Crippen molar-refractivity contribution in [2.75, 3.05) is 5.32 Å². The topological polar surface area (TPSA) is 66.4 Å². The van der Waals surface area contributed by atoms with E-state index in [1.807, 2.05) is 0 Å². The molecule has 0 saturated heterocycles. The smallest absolute Gasteiger partial charge is 0.303 e. The molecule has 0 aliphatic heterocycles. The van der Waals surface area contributed by atoms with Gasteiger partial charge in [0.15, 0.2) is 0 Å². The van der Waals surface area contributed by atoms with Crippen LogP contribution >= 0.6 is 0 Å². The normalized spacial score (nSPS) is 9.35. The number of carboxylic acid groups (broad SMARTS) is 1. The number of rotatable bonds is 5. The van der Waals surface area contributed by atoms with Gasteiger partial charge in [-0.05, 0) is 24.1 Å².